The highest BCUT2D eigenvalue weighted by Crippen LogP contribution is 2.29. The van der Waals surface area contributed by atoms with Crippen molar-refractivity contribution in [2.24, 2.45) is 5.92 Å². The summed E-state index contributed by atoms with van der Waals surface area (Å²) in [5.74, 6) is -1.04. The first kappa shape index (κ1) is 9.45. The molecule has 0 saturated heterocycles. The van der Waals surface area contributed by atoms with Crippen LogP contribution < -0.4 is 0 Å². The molecule has 1 aliphatic carbocycles. The van der Waals surface area contributed by atoms with E-state index in [0.29, 0.717) is 10.9 Å². The maximum atomic E-state index is 12.6. The standard InChI is InChI=1S/C8H8BrFO2/c1-12-8(11)6-3-2-5(10)4-7(6)9/h2,4,6H,3H2,1H3. The van der Waals surface area contributed by atoms with E-state index in [-0.39, 0.29) is 17.7 Å². The second-order valence-corrected chi connectivity index (χ2v) is 3.35. The van der Waals surface area contributed by atoms with E-state index in [1.54, 1.807) is 0 Å². The first-order valence-electron chi connectivity index (χ1n) is 3.45. The molecule has 0 heterocycles. The summed E-state index contributed by atoms with van der Waals surface area (Å²) >= 11 is 3.12. The lowest BCUT2D eigenvalue weighted by molar-refractivity contribution is -0.143. The van der Waals surface area contributed by atoms with Gasteiger partial charge in [0.15, 0.2) is 0 Å². The first-order valence-corrected chi connectivity index (χ1v) is 4.25. The Hall–Kier alpha value is -0.640. The van der Waals surface area contributed by atoms with Crippen molar-refractivity contribution in [1.82, 2.24) is 0 Å². The summed E-state index contributed by atoms with van der Waals surface area (Å²) in [6.07, 6.45) is 3.01. The maximum absolute atomic E-state index is 12.6. The monoisotopic (exact) mass is 234 g/mol. The van der Waals surface area contributed by atoms with Crippen molar-refractivity contribution in [3.8, 4) is 0 Å². The molecular formula is C8H8BrFO2. The Morgan fingerprint density at radius 3 is 3.00 bits per heavy atom. The summed E-state index contributed by atoms with van der Waals surface area (Å²) in [5, 5.41) is 0. The lowest BCUT2D eigenvalue weighted by atomic mass is 10.0. The Balaban J connectivity index is 2.74. The molecule has 4 heteroatoms. The number of hydrogen-bond acceptors (Lipinski definition) is 2. The van der Waals surface area contributed by atoms with Crippen molar-refractivity contribution in [2.45, 2.75) is 6.42 Å². The molecule has 0 radical (unpaired) electrons. The lowest BCUT2D eigenvalue weighted by Crippen LogP contribution is -2.17. The van der Waals surface area contributed by atoms with Gasteiger partial charge in [-0.1, -0.05) is 15.9 Å². The predicted molar refractivity (Wildman–Crippen MR) is 46.3 cm³/mol. The number of rotatable bonds is 1. The van der Waals surface area contributed by atoms with Crippen LogP contribution in [0.3, 0.4) is 0 Å². The Morgan fingerprint density at radius 1 is 1.83 bits per heavy atom. The Bertz CT molecular complexity index is 258. The number of hydrogen-bond donors (Lipinski definition) is 0. The largest absolute Gasteiger partial charge is 0.469 e. The minimum atomic E-state index is -0.380. The fourth-order valence-corrected chi connectivity index (χ4v) is 1.58. The molecule has 0 aliphatic heterocycles. The average molecular weight is 235 g/mol. The van der Waals surface area contributed by atoms with E-state index in [4.69, 9.17) is 0 Å². The van der Waals surface area contributed by atoms with E-state index in [1.165, 1.54) is 19.3 Å². The van der Waals surface area contributed by atoms with Gasteiger partial charge in [-0.2, -0.15) is 0 Å². The van der Waals surface area contributed by atoms with E-state index in [1.807, 2.05) is 0 Å². The van der Waals surface area contributed by atoms with Crippen molar-refractivity contribution in [2.75, 3.05) is 7.11 Å². The molecule has 12 heavy (non-hydrogen) atoms. The first-order chi connectivity index (χ1) is 5.65. The number of ether oxygens (including phenoxy) is 1. The predicted octanol–water partition coefficient (Wildman–Crippen LogP) is 2.31. The summed E-state index contributed by atoms with van der Waals surface area (Å²) in [7, 11) is 1.32. The van der Waals surface area contributed by atoms with Gasteiger partial charge in [-0.3, -0.25) is 4.79 Å². The molecule has 1 unspecified atom stereocenters. The van der Waals surface area contributed by atoms with Crippen LogP contribution in [0, 0.1) is 5.92 Å². The van der Waals surface area contributed by atoms with Gasteiger partial charge in [-0.05, 0) is 18.6 Å². The second-order valence-electron chi connectivity index (χ2n) is 2.43. The van der Waals surface area contributed by atoms with Crippen LogP contribution in [0.15, 0.2) is 22.5 Å². The molecule has 0 N–H and O–H groups in total. The van der Waals surface area contributed by atoms with Gasteiger partial charge in [0.1, 0.15) is 5.83 Å². The second kappa shape index (κ2) is 3.85. The Kier molecular flexibility index (Phi) is 3.03. The minimum Gasteiger partial charge on any atom is -0.469 e. The average Bonchev–Trinajstić information content (AvgIpc) is 2.03. The number of esters is 1. The van der Waals surface area contributed by atoms with Gasteiger partial charge in [-0.15, -0.1) is 0 Å². The molecule has 0 bridgehead atoms. The molecule has 0 saturated carbocycles. The number of methoxy groups -OCH3 is 1. The van der Waals surface area contributed by atoms with Gasteiger partial charge < -0.3 is 4.74 Å². The third-order valence-corrected chi connectivity index (χ3v) is 2.42. The molecule has 66 valence electrons. The zero-order valence-electron chi connectivity index (χ0n) is 6.51. The van der Waals surface area contributed by atoms with Crippen LogP contribution in [0.4, 0.5) is 4.39 Å². The maximum Gasteiger partial charge on any atom is 0.314 e. The minimum absolute atomic E-state index is 0.318. The van der Waals surface area contributed by atoms with Crippen molar-refractivity contribution in [3.63, 3.8) is 0 Å². The smallest absolute Gasteiger partial charge is 0.314 e. The summed E-state index contributed by atoms with van der Waals surface area (Å²) in [4.78, 5) is 11.0. The van der Waals surface area contributed by atoms with Crippen molar-refractivity contribution >= 4 is 21.9 Å². The third kappa shape index (κ3) is 1.94. The number of halogens is 2. The van der Waals surface area contributed by atoms with Gasteiger partial charge in [0.05, 0.1) is 13.0 Å². The molecule has 0 amide bonds. The van der Waals surface area contributed by atoms with Gasteiger partial charge in [-0.25, -0.2) is 4.39 Å². The van der Waals surface area contributed by atoms with E-state index in [9.17, 15) is 9.18 Å². The van der Waals surface area contributed by atoms with Crippen LogP contribution in [0.25, 0.3) is 0 Å². The lowest BCUT2D eigenvalue weighted by Gasteiger charge is -2.14. The summed E-state index contributed by atoms with van der Waals surface area (Å²) in [5.41, 5.74) is 0. The van der Waals surface area contributed by atoms with Gasteiger partial charge in [0.25, 0.3) is 0 Å². The highest BCUT2D eigenvalue weighted by Gasteiger charge is 2.24. The molecule has 2 nitrogen and oxygen atoms in total. The van der Waals surface area contributed by atoms with Crippen molar-refractivity contribution in [1.29, 1.82) is 0 Å². The quantitative estimate of drug-likeness (QED) is 0.652. The van der Waals surface area contributed by atoms with E-state index in [0.717, 1.165) is 0 Å². The van der Waals surface area contributed by atoms with Crippen LogP contribution >= 0.6 is 15.9 Å². The third-order valence-electron chi connectivity index (χ3n) is 1.64. The molecule has 1 rings (SSSR count). The molecule has 1 aliphatic rings. The molecule has 0 aromatic rings. The topological polar surface area (TPSA) is 26.3 Å². The summed E-state index contributed by atoms with van der Waals surface area (Å²) in [6.45, 7) is 0. The fraction of sp³-hybridized carbons (Fsp3) is 0.375. The Morgan fingerprint density at radius 2 is 2.50 bits per heavy atom. The van der Waals surface area contributed by atoms with Crippen molar-refractivity contribution < 1.29 is 13.9 Å². The van der Waals surface area contributed by atoms with E-state index < -0.39 is 0 Å². The van der Waals surface area contributed by atoms with Gasteiger partial charge in [0, 0.05) is 4.48 Å². The molecular weight excluding hydrogens is 227 g/mol. The number of allylic oxidation sites excluding steroid dienone is 3. The molecule has 0 aromatic heterocycles. The number of carbonyl (C=O) groups excluding carboxylic acids is 1. The highest BCUT2D eigenvalue weighted by atomic mass is 79.9. The SMILES string of the molecule is COC(=O)C1CC=C(F)C=C1Br. The zero-order chi connectivity index (χ0) is 9.14. The fourth-order valence-electron chi connectivity index (χ4n) is 0.985. The van der Waals surface area contributed by atoms with Crippen LogP contribution in [-0.4, -0.2) is 13.1 Å². The van der Waals surface area contributed by atoms with E-state index in [2.05, 4.69) is 20.7 Å². The number of carbonyl (C=O) groups is 1. The highest BCUT2D eigenvalue weighted by molar-refractivity contribution is 9.11. The van der Waals surface area contributed by atoms with Gasteiger partial charge >= 0.3 is 5.97 Å². The molecule has 0 spiro atoms. The van der Waals surface area contributed by atoms with Crippen LogP contribution in [0.1, 0.15) is 6.42 Å². The molecule has 1 atom stereocenters. The zero-order valence-corrected chi connectivity index (χ0v) is 8.10. The van der Waals surface area contributed by atoms with Crippen LogP contribution in [-0.2, 0) is 9.53 Å². The van der Waals surface area contributed by atoms with Crippen LogP contribution in [0.5, 0.6) is 0 Å². The van der Waals surface area contributed by atoms with Crippen molar-refractivity contribution in [3.05, 3.63) is 22.5 Å². The van der Waals surface area contributed by atoms with E-state index >= 15 is 0 Å². The summed E-state index contributed by atoms with van der Waals surface area (Å²) < 4.78 is 17.6. The Labute approximate surface area is 78.2 Å². The van der Waals surface area contributed by atoms with Crippen LogP contribution in [0.2, 0.25) is 0 Å². The summed E-state index contributed by atoms with van der Waals surface area (Å²) in [6, 6.07) is 0. The molecule has 0 aromatic carbocycles. The normalized spacial score (nSPS) is 22.8. The van der Waals surface area contributed by atoms with Gasteiger partial charge in [0.2, 0.25) is 0 Å². The molecule has 0 fully saturated rings.